The summed E-state index contributed by atoms with van der Waals surface area (Å²) in [6.07, 6.45) is 9.36. The van der Waals surface area contributed by atoms with Crippen LogP contribution in [0.4, 0.5) is 0 Å². The normalized spacial score (nSPS) is 29.6. The molecule has 2 rings (SSSR count). The van der Waals surface area contributed by atoms with E-state index in [1.165, 1.54) is 45.2 Å². The van der Waals surface area contributed by atoms with Crippen LogP contribution in [0.15, 0.2) is 11.8 Å². The summed E-state index contributed by atoms with van der Waals surface area (Å²) in [4.78, 5) is 2.61. The molecular formula is C11H19N. The minimum atomic E-state index is 0.888. The minimum absolute atomic E-state index is 0.888. The summed E-state index contributed by atoms with van der Waals surface area (Å²) >= 11 is 0. The van der Waals surface area contributed by atoms with Crippen molar-refractivity contribution in [3.05, 3.63) is 11.8 Å². The highest BCUT2D eigenvalue weighted by Gasteiger charge is 2.24. The van der Waals surface area contributed by atoms with Gasteiger partial charge in [-0.15, -0.1) is 0 Å². The van der Waals surface area contributed by atoms with Crippen molar-refractivity contribution in [1.82, 2.24) is 4.90 Å². The van der Waals surface area contributed by atoms with Crippen molar-refractivity contribution in [2.45, 2.75) is 39.0 Å². The Kier molecular flexibility index (Phi) is 2.38. The largest absolute Gasteiger partial charge is 0.375 e. The van der Waals surface area contributed by atoms with Gasteiger partial charge in [0.2, 0.25) is 0 Å². The average molecular weight is 165 g/mol. The molecule has 0 aromatic heterocycles. The monoisotopic (exact) mass is 165 g/mol. The Bertz CT molecular complexity index is 183. The van der Waals surface area contributed by atoms with Gasteiger partial charge in [-0.2, -0.15) is 0 Å². The summed E-state index contributed by atoms with van der Waals surface area (Å²) in [7, 11) is 0. The maximum atomic E-state index is 2.61. The Morgan fingerprint density at radius 3 is 3.08 bits per heavy atom. The van der Waals surface area contributed by atoms with E-state index in [2.05, 4.69) is 17.9 Å². The van der Waals surface area contributed by atoms with Gasteiger partial charge in [0, 0.05) is 18.8 Å². The zero-order valence-corrected chi connectivity index (χ0v) is 8.05. The van der Waals surface area contributed by atoms with E-state index in [1.807, 2.05) is 0 Å². The first-order valence-electron chi connectivity index (χ1n) is 5.37. The molecule has 0 aromatic carbocycles. The standard InChI is InChI=1S/C11H19N/c1-2-10-6-5-9-12-8-4-3-7-11(10)12/h7,10H,2-6,8-9H2,1H3. The van der Waals surface area contributed by atoms with Crippen molar-refractivity contribution in [3.63, 3.8) is 0 Å². The molecule has 0 amide bonds. The lowest BCUT2D eigenvalue weighted by molar-refractivity contribution is 0.223. The van der Waals surface area contributed by atoms with Gasteiger partial charge in [0.1, 0.15) is 0 Å². The fourth-order valence-corrected chi connectivity index (χ4v) is 2.55. The molecule has 0 aromatic rings. The molecule has 0 bridgehead atoms. The maximum Gasteiger partial charge on any atom is 0.0177 e. The van der Waals surface area contributed by atoms with Crippen molar-refractivity contribution in [1.29, 1.82) is 0 Å². The van der Waals surface area contributed by atoms with Gasteiger partial charge in [0.25, 0.3) is 0 Å². The van der Waals surface area contributed by atoms with E-state index >= 15 is 0 Å². The Morgan fingerprint density at radius 1 is 1.42 bits per heavy atom. The molecule has 0 saturated carbocycles. The summed E-state index contributed by atoms with van der Waals surface area (Å²) in [5, 5.41) is 0. The number of nitrogens with zero attached hydrogens (tertiary/aromatic N) is 1. The van der Waals surface area contributed by atoms with Crippen LogP contribution in [0, 0.1) is 5.92 Å². The number of piperidine rings is 1. The Hall–Kier alpha value is -0.460. The van der Waals surface area contributed by atoms with Crippen LogP contribution >= 0.6 is 0 Å². The number of rotatable bonds is 1. The second-order valence-corrected chi connectivity index (χ2v) is 4.01. The van der Waals surface area contributed by atoms with Gasteiger partial charge in [-0.3, -0.25) is 0 Å². The molecule has 2 aliphatic heterocycles. The molecule has 2 aliphatic rings. The first kappa shape index (κ1) is 8.15. The lowest BCUT2D eigenvalue weighted by atomic mass is 9.89. The van der Waals surface area contributed by atoms with Crippen LogP contribution in [-0.2, 0) is 0 Å². The zero-order chi connectivity index (χ0) is 8.39. The lowest BCUT2D eigenvalue weighted by Gasteiger charge is -2.39. The van der Waals surface area contributed by atoms with Gasteiger partial charge in [-0.05, 0) is 38.0 Å². The van der Waals surface area contributed by atoms with Gasteiger partial charge >= 0.3 is 0 Å². The second-order valence-electron chi connectivity index (χ2n) is 4.01. The molecule has 1 atom stereocenters. The van der Waals surface area contributed by atoms with Crippen molar-refractivity contribution in [2.75, 3.05) is 13.1 Å². The first-order valence-corrected chi connectivity index (χ1v) is 5.37. The third kappa shape index (κ3) is 1.37. The van der Waals surface area contributed by atoms with Gasteiger partial charge < -0.3 is 4.90 Å². The minimum Gasteiger partial charge on any atom is -0.375 e. The molecule has 12 heavy (non-hydrogen) atoms. The Morgan fingerprint density at radius 2 is 2.25 bits per heavy atom. The van der Waals surface area contributed by atoms with Crippen LogP contribution in [0.1, 0.15) is 39.0 Å². The first-order chi connectivity index (χ1) is 5.92. The van der Waals surface area contributed by atoms with E-state index in [0.717, 1.165) is 5.92 Å². The molecule has 68 valence electrons. The molecule has 0 N–H and O–H groups in total. The molecular weight excluding hydrogens is 146 g/mol. The molecule has 1 saturated heterocycles. The van der Waals surface area contributed by atoms with Crippen LogP contribution in [0.2, 0.25) is 0 Å². The highest BCUT2D eigenvalue weighted by molar-refractivity contribution is 5.10. The van der Waals surface area contributed by atoms with Crippen molar-refractivity contribution >= 4 is 0 Å². The van der Waals surface area contributed by atoms with E-state index in [1.54, 1.807) is 5.70 Å². The summed E-state index contributed by atoms with van der Waals surface area (Å²) < 4.78 is 0. The van der Waals surface area contributed by atoms with Crippen LogP contribution in [0.5, 0.6) is 0 Å². The molecule has 1 fully saturated rings. The third-order valence-corrected chi connectivity index (χ3v) is 3.24. The fraction of sp³-hybridized carbons (Fsp3) is 0.818. The Balaban J connectivity index is 2.12. The highest BCUT2D eigenvalue weighted by atomic mass is 15.1. The summed E-state index contributed by atoms with van der Waals surface area (Å²) in [5.41, 5.74) is 1.68. The molecule has 0 radical (unpaired) electrons. The highest BCUT2D eigenvalue weighted by Crippen LogP contribution is 2.32. The third-order valence-electron chi connectivity index (χ3n) is 3.24. The predicted octanol–water partition coefficient (Wildman–Crippen LogP) is 2.79. The SMILES string of the molecule is CCC1CCCN2CCCC=C12. The van der Waals surface area contributed by atoms with E-state index in [4.69, 9.17) is 0 Å². The number of hydrogen-bond acceptors (Lipinski definition) is 1. The molecule has 1 nitrogen and oxygen atoms in total. The van der Waals surface area contributed by atoms with E-state index in [0.29, 0.717) is 0 Å². The average Bonchev–Trinajstić information content (AvgIpc) is 2.17. The molecule has 1 heteroatoms. The molecule has 0 aliphatic carbocycles. The van der Waals surface area contributed by atoms with E-state index in [-0.39, 0.29) is 0 Å². The summed E-state index contributed by atoms with van der Waals surface area (Å²) in [6.45, 7) is 4.97. The van der Waals surface area contributed by atoms with Gasteiger partial charge in [0.15, 0.2) is 0 Å². The van der Waals surface area contributed by atoms with Gasteiger partial charge in [0.05, 0.1) is 0 Å². The smallest absolute Gasteiger partial charge is 0.0177 e. The quantitative estimate of drug-likeness (QED) is 0.577. The van der Waals surface area contributed by atoms with Crippen molar-refractivity contribution in [3.8, 4) is 0 Å². The predicted molar refractivity (Wildman–Crippen MR) is 51.9 cm³/mol. The van der Waals surface area contributed by atoms with E-state index < -0.39 is 0 Å². The number of fused-ring (bicyclic) bond motifs is 1. The van der Waals surface area contributed by atoms with E-state index in [9.17, 15) is 0 Å². The van der Waals surface area contributed by atoms with Crippen molar-refractivity contribution < 1.29 is 0 Å². The van der Waals surface area contributed by atoms with Crippen LogP contribution in [0.25, 0.3) is 0 Å². The molecule has 1 unspecified atom stereocenters. The fourth-order valence-electron chi connectivity index (χ4n) is 2.55. The van der Waals surface area contributed by atoms with Crippen LogP contribution in [-0.4, -0.2) is 18.0 Å². The molecule has 0 spiro atoms. The van der Waals surface area contributed by atoms with Gasteiger partial charge in [-0.25, -0.2) is 0 Å². The summed E-state index contributed by atoms with van der Waals surface area (Å²) in [5.74, 6) is 0.888. The maximum absolute atomic E-state index is 2.61. The van der Waals surface area contributed by atoms with Crippen LogP contribution < -0.4 is 0 Å². The van der Waals surface area contributed by atoms with Crippen LogP contribution in [0.3, 0.4) is 0 Å². The summed E-state index contributed by atoms with van der Waals surface area (Å²) in [6, 6.07) is 0. The number of allylic oxidation sites excluding steroid dienone is 2. The Labute approximate surface area is 75.4 Å². The molecule has 2 heterocycles. The second kappa shape index (κ2) is 3.51. The van der Waals surface area contributed by atoms with Gasteiger partial charge in [-0.1, -0.05) is 13.0 Å². The van der Waals surface area contributed by atoms with Crippen molar-refractivity contribution in [2.24, 2.45) is 5.92 Å². The number of hydrogen-bond donors (Lipinski definition) is 0. The lowest BCUT2D eigenvalue weighted by Crippen LogP contribution is -2.35. The topological polar surface area (TPSA) is 3.24 Å². The zero-order valence-electron chi connectivity index (χ0n) is 8.05.